The van der Waals surface area contributed by atoms with E-state index in [4.69, 9.17) is 0 Å². The third-order valence-electron chi connectivity index (χ3n) is 4.58. The highest BCUT2D eigenvalue weighted by Gasteiger charge is 2.19. The Labute approximate surface area is 138 Å². The Hall–Kier alpha value is -1.91. The van der Waals surface area contributed by atoms with Crippen LogP contribution < -0.4 is 5.32 Å². The minimum Gasteiger partial charge on any atom is -0.396 e. The summed E-state index contributed by atoms with van der Waals surface area (Å²) in [5.74, 6) is 0.491. The molecule has 0 atom stereocenters. The van der Waals surface area contributed by atoms with Gasteiger partial charge in [0.1, 0.15) is 0 Å². The molecular formula is C19H25N3O. The molecule has 0 spiro atoms. The normalized spacial score (nSPS) is 16.4. The molecule has 23 heavy (non-hydrogen) atoms. The van der Waals surface area contributed by atoms with Gasteiger partial charge in [-0.05, 0) is 55.1 Å². The smallest absolute Gasteiger partial charge is 0.0460 e. The number of para-hydroxylation sites is 1. The molecule has 0 bridgehead atoms. The fourth-order valence-corrected chi connectivity index (χ4v) is 3.10. The predicted octanol–water partition coefficient (Wildman–Crippen LogP) is 2.90. The average Bonchev–Trinajstić information content (AvgIpc) is 2.62. The lowest BCUT2D eigenvalue weighted by atomic mass is 9.97. The van der Waals surface area contributed by atoms with Crippen molar-refractivity contribution < 1.29 is 5.11 Å². The van der Waals surface area contributed by atoms with Gasteiger partial charge in [-0.3, -0.25) is 9.88 Å². The summed E-state index contributed by atoms with van der Waals surface area (Å²) in [6.45, 7) is 4.23. The van der Waals surface area contributed by atoms with Crippen LogP contribution in [0.2, 0.25) is 0 Å². The number of hydrogen-bond acceptors (Lipinski definition) is 4. The van der Waals surface area contributed by atoms with Crippen molar-refractivity contribution in [2.45, 2.75) is 25.9 Å². The number of benzene rings is 1. The largest absolute Gasteiger partial charge is 0.396 e. The van der Waals surface area contributed by atoms with Gasteiger partial charge in [0.2, 0.25) is 0 Å². The summed E-state index contributed by atoms with van der Waals surface area (Å²) in [6.07, 6.45) is 5.90. The molecule has 0 radical (unpaired) electrons. The van der Waals surface area contributed by atoms with Crippen molar-refractivity contribution in [1.29, 1.82) is 0 Å². The van der Waals surface area contributed by atoms with Crippen molar-refractivity contribution in [3.63, 3.8) is 0 Å². The number of likely N-dealkylation sites (tertiary alicyclic amines) is 1. The Morgan fingerprint density at radius 1 is 1.13 bits per heavy atom. The number of nitrogens with zero attached hydrogens (tertiary/aromatic N) is 2. The van der Waals surface area contributed by atoms with Crippen molar-refractivity contribution in [1.82, 2.24) is 9.88 Å². The van der Waals surface area contributed by atoms with E-state index in [9.17, 15) is 5.11 Å². The fourth-order valence-electron chi connectivity index (χ4n) is 3.10. The summed E-state index contributed by atoms with van der Waals surface area (Å²) in [6, 6.07) is 12.6. The average molecular weight is 311 g/mol. The number of aliphatic hydroxyl groups excluding tert-OH is 1. The quantitative estimate of drug-likeness (QED) is 0.861. The van der Waals surface area contributed by atoms with Crippen LogP contribution in [0.15, 0.2) is 48.8 Å². The van der Waals surface area contributed by atoms with E-state index in [1.54, 1.807) is 6.20 Å². The number of aliphatic hydroxyl groups is 1. The third kappa shape index (κ3) is 4.53. The van der Waals surface area contributed by atoms with E-state index in [1.807, 2.05) is 12.3 Å². The summed E-state index contributed by atoms with van der Waals surface area (Å²) in [5.41, 5.74) is 3.71. The van der Waals surface area contributed by atoms with Gasteiger partial charge >= 0.3 is 0 Å². The SMILES string of the molecule is OCC1CCN(Cc2ccccc2NCc2cccnc2)CC1. The van der Waals surface area contributed by atoms with Crippen LogP contribution in [0, 0.1) is 5.92 Å². The summed E-state index contributed by atoms with van der Waals surface area (Å²) < 4.78 is 0. The van der Waals surface area contributed by atoms with Crippen LogP contribution in [-0.2, 0) is 13.1 Å². The molecule has 1 aromatic carbocycles. The number of anilines is 1. The number of rotatable bonds is 6. The van der Waals surface area contributed by atoms with Gasteiger partial charge in [0.15, 0.2) is 0 Å². The second kappa shape index (κ2) is 8.09. The molecule has 1 aromatic heterocycles. The summed E-state index contributed by atoms with van der Waals surface area (Å²) in [7, 11) is 0. The number of piperidine rings is 1. The van der Waals surface area contributed by atoms with Crippen molar-refractivity contribution in [2.75, 3.05) is 25.0 Å². The molecule has 0 amide bonds. The number of nitrogens with one attached hydrogen (secondary N) is 1. The molecule has 0 aliphatic carbocycles. The van der Waals surface area contributed by atoms with Gasteiger partial charge in [-0.25, -0.2) is 0 Å². The summed E-state index contributed by atoms with van der Waals surface area (Å²) in [5, 5.41) is 12.8. The van der Waals surface area contributed by atoms with Crippen molar-refractivity contribution in [3.05, 3.63) is 59.9 Å². The molecule has 4 nitrogen and oxygen atoms in total. The van der Waals surface area contributed by atoms with Crippen LogP contribution in [0.25, 0.3) is 0 Å². The fraction of sp³-hybridized carbons (Fsp3) is 0.421. The first kappa shape index (κ1) is 16.0. The number of hydrogen-bond donors (Lipinski definition) is 2. The molecule has 0 saturated carbocycles. The second-order valence-electron chi connectivity index (χ2n) is 6.27. The van der Waals surface area contributed by atoms with Crippen LogP contribution in [0.3, 0.4) is 0 Å². The van der Waals surface area contributed by atoms with Gasteiger partial charge in [0.05, 0.1) is 0 Å². The van der Waals surface area contributed by atoms with E-state index in [0.29, 0.717) is 12.5 Å². The summed E-state index contributed by atoms with van der Waals surface area (Å²) >= 11 is 0. The van der Waals surface area contributed by atoms with Crippen LogP contribution >= 0.6 is 0 Å². The monoisotopic (exact) mass is 311 g/mol. The van der Waals surface area contributed by atoms with E-state index < -0.39 is 0 Å². The first-order valence-electron chi connectivity index (χ1n) is 8.39. The van der Waals surface area contributed by atoms with Crippen molar-refractivity contribution >= 4 is 5.69 Å². The van der Waals surface area contributed by atoms with Gasteiger partial charge in [-0.15, -0.1) is 0 Å². The van der Waals surface area contributed by atoms with E-state index >= 15 is 0 Å². The summed E-state index contributed by atoms with van der Waals surface area (Å²) in [4.78, 5) is 6.64. The minimum atomic E-state index is 0.330. The van der Waals surface area contributed by atoms with Crippen LogP contribution in [0.4, 0.5) is 5.69 Å². The Morgan fingerprint density at radius 3 is 2.70 bits per heavy atom. The topological polar surface area (TPSA) is 48.4 Å². The zero-order valence-electron chi connectivity index (χ0n) is 13.5. The molecule has 1 aliphatic heterocycles. The number of aromatic nitrogens is 1. The molecule has 122 valence electrons. The van der Waals surface area contributed by atoms with Crippen LogP contribution in [0.5, 0.6) is 0 Å². The van der Waals surface area contributed by atoms with Gasteiger partial charge < -0.3 is 10.4 Å². The Balaban J connectivity index is 1.59. The van der Waals surface area contributed by atoms with Gasteiger partial charge in [-0.2, -0.15) is 0 Å². The highest BCUT2D eigenvalue weighted by atomic mass is 16.3. The zero-order chi connectivity index (χ0) is 15.9. The molecular weight excluding hydrogens is 286 g/mol. The van der Waals surface area contributed by atoms with Crippen LogP contribution in [0.1, 0.15) is 24.0 Å². The van der Waals surface area contributed by atoms with Crippen LogP contribution in [-0.4, -0.2) is 34.7 Å². The molecule has 1 fully saturated rings. The Morgan fingerprint density at radius 2 is 1.96 bits per heavy atom. The maximum atomic E-state index is 9.26. The molecule has 1 saturated heterocycles. The standard InChI is InChI=1S/C19H25N3O/c23-15-16-7-10-22(11-8-16)14-18-5-1-2-6-19(18)21-13-17-4-3-9-20-12-17/h1-6,9,12,16,21,23H,7-8,10-11,13-15H2. The van der Waals surface area contributed by atoms with Gasteiger partial charge in [0.25, 0.3) is 0 Å². The van der Waals surface area contributed by atoms with E-state index in [1.165, 1.54) is 16.8 Å². The maximum Gasteiger partial charge on any atom is 0.0460 e. The molecule has 0 unspecified atom stereocenters. The first-order chi connectivity index (χ1) is 11.3. The van der Waals surface area contributed by atoms with Crippen molar-refractivity contribution in [3.8, 4) is 0 Å². The Kier molecular flexibility index (Phi) is 5.61. The van der Waals surface area contributed by atoms with E-state index in [-0.39, 0.29) is 0 Å². The van der Waals surface area contributed by atoms with Crippen molar-refractivity contribution in [2.24, 2.45) is 5.92 Å². The van der Waals surface area contributed by atoms with E-state index in [2.05, 4.69) is 45.5 Å². The van der Waals surface area contributed by atoms with Gasteiger partial charge in [0, 0.05) is 37.8 Å². The second-order valence-corrected chi connectivity index (χ2v) is 6.27. The molecule has 2 N–H and O–H groups in total. The minimum absolute atomic E-state index is 0.330. The zero-order valence-corrected chi connectivity index (χ0v) is 13.5. The third-order valence-corrected chi connectivity index (χ3v) is 4.58. The molecule has 4 heteroatoms. The van der Waals surface area contributed by atoms with Gasteiger partial charge in [-0.1, -0.05) is 24.3 Å². The lowest BCUT2D eigenvalue weighted by Crippen LogP contribution is -2.34. The highest BCUT2D eigenvalue weighted by molar-refractivity contribution is 5.51. The lowest BCUT2D eigenvalue weighted by Gasteiger charge is -2.31. The predicted molar refractivity (Wildman–Crippen MR) is 93.1 cm³/mol. The van der Waals surface area contributed by atoms with E-state index in [0.717, 1.165) is 39.0 Å². The molecule has 2 heterocycles. The molecule has 1 aliphatic rings. The highest BCUT2D eigenvalue weighted by Crippen LogP contribution is 2.22. The maximum absolute atomic E-state index is 9.26. The first-order valence-corrected chi connectivity index (χ1v) is 8.39. The lowest BCUT2D eigenvalue weighted by molar-refractivity contribution is 0.127. The Bertz CT molecular complexity index is 595. The molecule has 3 rings (SSSR count). The molecule has 2 aromatic rings. The number of pyridine rings is 1.